The lowest BCUT2D eigenvalue weighted by Crippen LogP contribution is -2.40. The molecule has 0 atom stereocenters. The number of hydrogen-bond acceptors (Lipinski definition) is 4. The first kappa shape index (κ1) is 21.6. The van der Waals surface area contributed by atoms with Gasteiger partial charge in [-0.05, 0) is 38.5 Å². The number of rotatable bonds is 7. The van der Waals surface area contributed by atoms with Gasteiger partial charge in [-0.3, -0.25) is 0 Å². The molecule has 0 aliphatic carbocycles. The molecule has 0 saturated carbocycles. The topological polar surface area (TPSA) is 49.8 Å². The normalized spacial score (nSPS) is 15.9. The Balaban J connectivity index is 0.00000288. The monoisotopic (exact) mass is 466 g/mol. The van der Waals surface area contributed by atoms with Gasteiger partial charge in [0, 0.05) is 44.4 Å². The average Bonchev–Trinajstić information content (AvgIpc) is 3.05. The summed E-state index contributed by atoms with van der Waals surface area (Å²) in [4.78, 5) is 12.8. The number of nitrogens with one attached hydrogen (secondary N) is 1. The van der Waals surface area contributed by atoms with E-state index < -0.39 is 0 Å². The molecule has 1 aliphatic rings. The zero-order chi connectivity index (χ0) is 16.5. The van der Waals surface area contributed by atoms with Gasteiger partial charge in [-0.2, -0.15) is 0 Å². The van der Waals surface area contributed by atoms with Crippen molar-refractivity contribution in [2.24, 2.45) is 10.9 Å². The van der Waals surface area contributed by atoms with E-state index in [0.29, 0.717) is 6.54 Å². The van der Waals surface area contributed by atoms with E-state index >= 15 is 0 Å². The Morgan fingerprint density at radius 2 is 2.17 bits per heavy atom. The molecule has 0 unspecified atom stereocenters. The summed E-state index contributed by atoms with van der Waals surface area (Å²) in [7, 11) is 2.13. The fraction of sp³-hybridized carbons (Fsp3) is 0.765. The lowest BCUT2D eigenvalue weighted by Gasteiger charge is -2.26. The summed E-state index contributed by atoms with van der Waals surface area (Å²) in [6, 6.07) is 0. The molecule has 1 saturated heterocycles. The van der Waals surface area contributed by atoms with Gasteiger partial charge < -0.3 is 15.0 Å². The average molecular weight is 466 g/mol. The quantitative estimate of drug-likeness (QED) is 0.380. The predicted octanol–water partition coefficient (Wildman–Crippen LogP) is 3.54. The van der Waals surface area contributed by atoms with Gasteiger partial charge in [-0.15, -0.1) is 35.3 Å². The van der Waals surface area contributed by atoms with E-state index in [-0.39, 0.29) is 24.0 Å². The van der Waals surface area contributed by atoms with Crippen molar-refractivity contribution in [1.29, 1.82) is 0 Å². The first-order valence-electron chi connectivity index (χ1n) is 8.73. The second kappa shape index (κ2) is 12.0. The zero-order valence-electron chi connectivity index (χ0n) is 15.1. The Kier molecular flexibility index (Phi) is 10.8. The van der Waals surface area contributed by atoms with Crippen LogP contribution in [0.3, 0.4) is 0 Å². The molecule has 1 aliphatic heterocycles. The minimum atomic E-state index is 0. The molecule has 7 heteroatoms. The summed E-state index contributed by atoms with van der Waals surface area (Å²) in [5, 5.41) is 4.48. The lowest BCUT2D eigenvalue weighted by atomic mass is 9.96. The van der Waals surface area contributed by atoms with Crippen LogP contribution in [0.5, 0.6) is 0 Å². The number of aromatic nitrogens is 1. The van der Waals surface area contributed by atoms with Crippen LogP contribution >= 0.6 is 35.3 Å². The number of guanidine groups is 1. The minimum absolute atomic E-state index is 0. The minimum Gasteiger partial charge on any atom is -0.381 e. The van der Waals surface area contributed by atoms with Crippen LogP contribution in [0.1, 0.15) is 43.0 Å². The highest BCUT2D eigenvalue weighted by Crippen LogP contribution is 2.18. The van der Waals surface area contributed by atoms with E-state index in [1.165, 1.54) is 24.1 Å². The maximum atomic E-state index is 5.44. The van der Waals surface area contributed by atoms with Crippen LogP contribution in [0.2, 0.25) is 0 Å². The Morgan fingerprint density at radius 3 is 2.79 bits per heavy atom. The molecular weight excluding hydrogens is 435 g/mol. The molecule has 1 N–H and O–H groups in total. The lowest BCUT2D eigenvalue weighted by molar-refractivity contribution is 0.0625. The molecule has 0 aromatic carbocycles. The summed E-state index contributed by atoms with van der Waals surface area (Å²) in [6.07, 6.45) is 6.62. The summed E-state index contributed by atoms with van der Waals surface area (Å²) >= 11 is 1.76. The van der Waals surface area contributed by atoms with Gasteiger partial charge in [-0.25, -0.2) is 9.98 Å². The molecule has 5 nitrogen and oxygen atoms in total. The molecule has 1 aromatic rings. The van der Waals surface area contributed by atoms with E-state index in [1.54, 1.807) is 11.3 Å². The molecule has 0 bridgehead atoms. The van der Waals surface area contributed by atoms with Crippen LogP contribution in [0.4, 0.5) is 0 Å². The van der Waals surface area contributed by atoms with E-state index in [2.05, 4.69) is 36.1 Å². The van der Waals surface area contributed by atoms with Gasteiger partial charge in [0.1, 0.15) is 5.01 Å². The number of ether oxygens (including phenoxy) is 1. The highest BCUT2D eigenvalue weighted by Gasteiger charge is 2.15. The predicted molar refractivity (Wildman–Crippen MR) is 113 cm³/mol. The van der Waals surface area contributed by atoms with Gasteiger partial charge in [0.25, 0.3) is 0 Å². The Hall–Kier alpha value is -0.410. The Bertz CT molecular complexity index is 489. The molecule has 0 amide bonds. The standard InChI is InChI=1S/C17H30N4OS.HI/c1-4-15-12-19-16(23-15)13-20-17(18-5-2)21(3)9-6-14-7-10-22-11-8-14;/h12,14H,4-11,13H2,1-3H3,(H,18,20);1H. The van der Waals surface area contributed by atoms with Gasteiger partial charge in [0.05, 0.1) is 6.54 Å². The molecule has 0 radical (unpaired) electrons. The Morgan fingerprint density at radius 1 is 1.42 bits per heavy atom. The van der Waals surface area contributed by atoms with E-state index in [9.17, 15) is 0 Å². The first-order chi connectivity index (χ1) is 11.2. The second-order valence-corrected chi connectivity index (χ2v) is 7.21. The van der Waals surface area contributed by atoms with Gasteiger partial charge >= 0.3 is 0 Å². The van der Waals surface area contributed by atoms with Crippen LogP contribution in [0.25, 0.3) is 0 Å². The van der Waals surface area contributed by atoms with Crippen LogP contribution < -0.4 is 5.32 Å². The first-order valence-corrected chi connectivity index (χ1v) is 9.55. The van der Waals surface area contributed by atoms with Crippen molar-refractivity contribution >= 4 is 41.3 Å². The summed E-state index contributed by atoms with van der Waals surface area (Å²) in [6.45, 7) is 8.70. The number of aryl methyl sites for hydroxylation is 1. The molecule has 0 spiro atoms. The van der Waals surface area contributed by atoms with Crippen molar-refractivity contribution in [1.82, 2.24) is 15.2 Å². The smallest absolute Gasteiger partial charge is 0.194 e. The fourth-order valence-electron chi connectivity index (χ4n) is 2.71. The van der Waals surface area contributed by atoms with Crippen LogP contribution in [0, 0.1) is 5.92 Å². The fourth-order valence-corrected chi connectivity index (χ4v) is 3.50. The summed E-state index contributed by atoms with van der Waals surface area (Å²) in [5.74, 6) is 1.77. The maximum absolute atomic E-state index is 5.44. The van der Waals surface area contributed by atoms with E-state index in [4.69, 9.17) is 9.73 Å². The van der Waals surface area contributed by atoms with Crippen LogP contribution in [-0.4, -0.2) is 49.2 Å². The highest BCUT2D eigenvalue weighted by atomic mass is 127. The molecule has 2 rings (SSSR count). The molecular formula is C17H31IN4OS. The third-order valence-corrected chi connectivity index (χ3v) is 5.35. The second-order valence-electron chi connectivity index (χ2n) is 6.01. The highest BCUT2D eigenvalue weighted by molar-refractivity contribution is 14.0. The molecule has 1 aromatic heterocycles. The Labute approximate surface area is 167 Å². The summed E-state index contributed by atoms with van der Waals surface area (Å²) in [5.41, 5.74) is 0. The zero-order valence-corrected chi connectivity index (χ0v) is 18.2. The molecule has 138 valence electrons. The van der Waals surface area contributed by atoms with Gasteiger partial charge in [0.15, 0.2) is 5.96 Å². The number of nitrogens with zero attached hydrogens (tertiary/aromatic N) is 3. The summed E-state index contributed by atoms with van der Waals surface area (Å²) < 4.78 is 5.44. The van der Waals surface area contributed by atoms with E-state index in [1.807, 2.05) is 6.20 Å². The van der Waals surface area contributed by atoms with Gasteiger partial charge in [-0.1, -0.05) is 6.92 Å². The van der Waals surface area contributed by atoms with Crippen molar-refractivity contribution < 1.29 is 4.74 Å². The third kappa shape index (κ3) is 7.23. The SMILES string of the molecule is CCNC(=NCc1ncc(CC)s1)N(C)CCC1CCOCC1.I. The number of halogens is 1. The number of hydrogen-bond donors (Lipinski definition) is 1. The number of thiazole rings is 1. The third-order valence-electron chi connectivity index (χ3n) is 4.22. The van der Waals surface area contributed by atoms with Crippen molar-refractivity contribution in [2.45, 2.75) is 46.1 Å². The molecule has 1 fully saturated rings. The maximum Gasteiger partial charge on any atom is 0.194 e. The largest absolute Gasteiger partial charge is 0.381 e. The van der Waals surface area contributed by atoms with Crippen LogP contribution in [-0.2, 0) is 17.7 Å². The van der Waals surface area contributed by atoms with Crippen molar-refractivity contribution in [3.8, 4) is 0 Å². The molecule has 24 heavy (non-hydrogen) atoms. The van der Waals surface area contributed by atoms with Crippen molar-refractivity contribution in [2.75, 3.05) is 33.4 Å². The van der Waals surface area contributed by atoms with Gasteiger partial charge in [0.2, 0.25) is 0 Å². The van der Waals surface area contributed by atoms with Crippen molar-refractivity contribution in [3.05, 3.63) is 16.1 Å². The van der Waals surface area contributed by atoms with Crippen LogP contribution in [0.15, 0.2) is 11.2 Å². The number of aliphatic imine (C=N–C) groups is 1. The van der Waals surface area contributed by atoms with E-state index in [0.717, 1.165) is 49.6 Å². The molecule has 2 heterocycles. The van der Waals surface area contributed by atoms with Crippen molar-refractivity contribution in [3.63, 3.8) is 0 Å².